The number of carbonyl (C=O) groups is 1. The van der Waals surface area contributed by atoms with Crippen LogP contribution < -0.4 is 5.32 Å². The van der Waals surface area contributed by atoms with Crippen molar-refractivity contribution in [2.75, 3.05) is 0 Å². The lowest BCUT2D eigenvalue weighted by Gasteiger charge is -2.18. The van der Waals surface area contributed by atoms with Gasteiger partial charge in [-0.25, -0.2) is 0 Å². The molecule has 0 aliphatic heterocycles. The number of nitrogens with zero attached hydrogens (tertiary/aromatic N) is 3. The smallest absolute Gasteiger partial charge is 0.277 e. The number of carbonyl (C=O) groups excluding carboxylic acids is 1. The Labute approximate surface area is 158 Å². The van der Waals surface area contributed by atoms with Gasteiger partial charge < -0.3 is 9.73 Å². The summed E-state index contributed by atoms with van der Waals surface area (Å²) in [4.78, 5) is 16.7. The number of hydrogen-bond acceptors (Lipinski definition) is 6. The number of thioether (sulfide) groups is 1. The third-order valence-electron chi connectivity index (χ3n) is 4.66. The van der Waals surface area contributed by atoms with Gasteiger partial charge in [0.1, 0.15) is 0 Å². The Bertz CT molecular complexity index is 699. The molecule has 0 aromatic carbocycles. The van der Waals surface area contributed by atoms with Crippen LogP contribution in [0.4, 0.5) is 0 Å². The van der Waals surface area contributed by atoms with Gasteiger partial charge in [0.15, 0.2) is 0 Å². The fraction of sp³-hybridized carbons (Fsp3) is 0.579. The predicted octanol–water partition coefficient (Wildman–Crippen LogP) is 3.95. The molecular formula is C19H26N4O2S. The lowest BCUT2D eigenvalue weighted by Crippen LogP contribution is -2.35. The van der Waals surface area contributed by atoms with Gasteiger partial charge in [0.25, 0.3) is 5.22 Å². The van der Waals surface area contributed by atoms with Crippen LogP contribution in [0.2, 0.25) is 0 Å². The van der Waals surface area contributed by atoms with Crippen molar-refractivity contribution in [2.45, 2.75) is 68.9 Å². The maximum absolute atomic E-state index is 12.6. The first-order valence-corrected chi connectivity index (χ1v) is 10.2. The summed E-state index contributed by atoms with van der Waals surface area (Å²) < 4.78 is 5.87. The molecule has 26 heavy (non-hydrogen) atoms. The van der Waals surface area contributed by atoms with E-state index in [-0.39, 0.29) is 17.1 Å². The molecule has 2 heterocycles. The third-order valence-corrected chi connectivity index (χ3v) is 6.04. The van der Waals surface area contributed by atoms with Crippen molar-refractivity contribution in [3.63, 3.8) is 0 Å². The Morgan fingerprint density at radius 2 is 2.12 bits per heavy atom. The number of amides is 1. The summed E-state index contributed by atoms with van der Waals surface area (Å²) in [5.74, 6) is 1.23. The van der Waals surface area contributed by atoms with Gasteiger partial charge in [-0.3, -0.25) is 9.78 Å². The zero-order valence-corrected chi connectivity index (χ0v) is 16.2. The Morgan fingerprint density at radius 3 is 2.81 bits per heavy atom. The Morgan fingerprint density at radius 1 is 1.31 bits per heavy atom. The van der Waals surface area contributed by atoms with Gasteiger partial charge >= 0.3 is 0 Å². The van der Waals surface area contributed by atoms with E-state index in [1.54, 1.807) is 12.4 Å². The zero-order valence-electron chi connectivity index (χ0n) is 15.4. The topological polar surface area (TPSA) is 80.9 Å². The Balaban J connectivity index is 1.59. The van der Waals surface area contributed by atoms with Crippen molar-refractivity contribution >= 4 is 17.7 Å². The molecule has 1 aliphatic rings. The van der Waals surface area contributed by atoms with Gasteiger partial charge in [0.05, 0.1) is 5.25 Å². The molecule has 1 fully saturated rings. The molecule has 1 aliphatic carbocycles. The van der Waals surface area contributed by atoms with Gasteiger partial charge in [-0.05, 0) is 30.4 Å². The van der Waals surface area contributed by atoms with E-state index in [1.165, 1.54) is 31.0 Å². The minimum Gasteiger partial charge on any atom is -0.416 e. The second-order valence-electron chi connectivity index (χ2n) is 7.10. The highest BCUT2D eigenvalue weighted by molar-refractivity contribution is 8.00. The normalized spacial score (nSPS) is 16.6. The average Bonchev–Trinajstić information content (AvgIpc) is 3.14. The molecule has 1 unspecified atom stereocenters. The van der Waals surface area contributed by atoms with E-state index in [0.717, 1.165) is 24.3 Å². The minimum atomic E-state index is -0.272. The fourth-order valence-electron chi connectivity index (χ4n) is 3.18. The van der Waals surface area contributed by atoms with Crippen molar-refractivity contribution in [2.24, 2.45) is 5.92 Å². The summed E-state index contributed by atoms with van der Waals surface area (Å²) in [6.07, 6.45) is 9.45. The molecule has 2 aromatic heterocycles. The first kappa shape index (κ1) is 18.9. The highest BCUT2D eigenvalue weighted by Crippen LogP contribution is 2.34. The van der Waals surface area contributed by atoms with Crippen molar-refractivity contribution in [1.82, 2.24) is 20.5 Å². The lowest BCUT2D eigenvalue weighted by atomic mass is 9.89. The maximum atomic E-state index is 12.6. The van der Waals surface area contributed by atoms with Gasteiger partial charge in [0.2, 0.25) is 11.8 Å². The SMILES string of the molecule is CC(C)C(Sc1nnc(C2CCCCC2)o1)C(=O)NCc1cccnc1. The number of nitrogens with one attached hydrogen (secondary N) is 1. The third kappa shape index (κ3) is 5.06. The van der Waals surface area contributed by atoms with E-state index in [1.807, 2.05) is 26.0 Å². The van der Waals surface area contributed by atoms with E-state index in [0.29, 0.717) is 17.7 Å². The Kier molecular flexibility index (Phi) is 6.66. The van der Waals surface area contributed by atoms with Crippen LogP contribution >= 0.6 is 11.8 Å². The van der Waals surface area contributed by atoms with Crippen molar-refractivity contribution in [1.29, 1.82) is 0 Å². The van der Waals surface area contributed by atoms with Gasteiger partial charge in [0, 0.05) is 24.9 Å². The van der Waals surface area contributed by atoms with Crippen LogP contribution in [0.3, 0.4) is 0 Å². The first-order valence-electron chi connectivity index (χ1n) is 9.30. The van der Waals surface area contributed by atoms with Crippen LogP contribution in [0.1, 0.15) is 63.3 Å². The molecule has 1 saturated carbocycles. The predicted molar refractivity (Wildman–Crippen MR) is 101 cm³/mol. The van der Waals surface area contributed by atoms with Crippen molar-refractivity contribution in [3.05, 3.63) is 36.0 Å². The van der Waals surface area contributed by atoms with E-state index >= 15 is 0 Å². The number of rotatable bonds is 7. The summed E-state index contributed by atoms with van der Waals surface area (Å²) in [5, 5.41) is 11.6. The van der Waals surface area contributed by atoms with Crippen LogP contribution in [0.5, 0.6) is 0 Å². The number of hydrogen-bond donors (Lipinski definition) is 1. The maximum Gasteiger partial charge on any atom is 0.277 e. The van der Waals surface area contributed by atoms with Crippen molar-refractivity contribution < 1.29 is 9.21 Å². The van der Waals surface area contributed by atoms with E-state index < -0.39 is 0 Å². The van der Waals surface area contributed by atoms with Crippen LogP contribution in [0.25, 0.3) is 0 Å². The fourth-order valence-corrected chi connectivity index (χ4v) is 4.08. The molecule has 1 N–H and O–H groups in total. The van der Waals surface area contributed by atoms with Crippen LogP contribution in [-0.4, -0.2) is 26.3 Å². The molecule has 0 bridgehead atoms. The summed E-state index contributed by atoms with van der Waals surface area (Å²) in [6.45, 7) is 4.52. The van der Waals surface area contributed by atoms with E-state index in [2.05, 4.69) is 20.5 Å². The number of pyridine rings is 1. The quantitative estimate of drug-likeness (QED) is 0.739. The van der Waals surface area contributed by atoms with Gasteiger partial charge in [-0.2, -0.15) is 0 Å². The molecule has 6 nitrogen and oxygen atoms in total. The van der Waals surface area contributed by atoms with Crippen LogP contribution in [0.15, 0.2) is 34.2 Å². The average molecular weight is 375 g/mol. The first-order chi connectivity index (χ1) is 12.6. The lowest BCUT2D eigenvalue weighted by molar-refractivity contribution is -0.121. The largest absolute Gasteiger partial charge is 0.416 e. The molecule has 1 amide bonds. The summed E-state index contributed by atoms with van der Waals surface area (Å²) in [6, 6.07) is 3.81. The van der Waals surface area contributed by atoms with Gasteiger partial charge in [-0.1, -0.05) is 50.9 Å². The highest BCUT2D eigenvalue weighted by Gasteiger charge is 2.27. The minimum absolute atomic E-state index is 0.0220. The zero-order chi connectivity index (χ0) is 18.4. The number of aromatic nitrogens is 3. The molecule has 140 valence electrons. The molecule has 0 radical (unpaired) electrons. The highest BCUT2D eigenvalue weighted by atomic mass is 32.2. The molecule has 3 rings (SSSR count). The van der Waals surface area contributed by atoms with Gasteiger partial charge in [-0.15, -0.1) is 10.2 Å². The molecule has 2 aromatic rings. The molecule has 0 saturated heterocycles. The second-order valence-corrected chi connectivity index (χ2v) is 8.20. The van der Waals surface area contributed by atoms with E-state index in [9.17, 15) is 4.79 Å². The summed E-state index contributed by atoms with van der Waals surface area (Å²) in [5.41, 5.74) is 0.978. The monoisotopic (exact) mass is 374 g/mol. The second kappa shape index (κ2) is 9.16. The molecule has 1 atom stereocenters. The van der Waals surface area contributed by atoms with Crippen LogP contribution in [-0.2, 0) is 11.3 Å². The standard InChI is InChI=1S/C19H26N4O2S/c1-13(2)16(17(24)21-12-14-7-6-10-20-11-14)26-19-23-22-18(25-19)15-8-4-3-5-9-15/h6-7,10-11,13,15-16H,3-5,8-9,12H2,1-2H3,(H,21,24). The van der Waals surface area contributed by atoms with E-state index in [4.69, 9.17) is 4.42 Å². The Hall–Kier alpha value is -1.89. The summed E-state index contributed by atoms with van der Waals surface area (Å²) >= 11 is 1.36. The van der Waals surface area contributed by atoms with Crippen molar-refractivity contribution in [3.8, 4) is 0 Å². The molecule has 0 spiro atoms. The van der Waals surface area contributed by atoms with Crippen LogP contribution in [0, 0.1) is 5.92 Å². The summed E-state index contributed by atoms with van der Waals surface area (Å²) in [7, 11) is 0. The molecule has 7 heteroatoms. The molecular weight excluding hydrogens is 348 g/mol.